The number of ether oxygens (including phenoxy) is 1. The van der Waals surface area contributed by atoms with Gasteiger partial charge in [-0.2, -0.15) is 0 Å². The maximum absolute atomic E-state index is 10.6. The summed E-state index contributed by atoms with van der Waals surface area (Å²) in [7, 11) is 1.62. The molecule has 0 aromatic carbocycles. The molecule has 2 rings (SSSR count). The van der Waals surface area contributed by atoms with Crippen molar-refractivity contribution in [1.82, 2.24) is 20.0 Å². The monoisotopic (exact) mass is 276 g/mol. The minimum Gasteiger partial charge on any atom is -0.496 e. The molecule has 0 fully saturated rings. The van der Waals surface area contributed by atoms with E-state index in [1.54, 1.807) is 24.2 Å². The van der Waals surface area contributed by atoms with E-state index in [9.17, 15) is 4.79 Å². The molecule has 2 aromatic rings. The molecule has 0 aliphatic rings. The van der Waals surface area contributed by atoms with Gasteiger partial charge in [-0.25, -0.2) is 4.68 Å². The molecule has 0 aliphatic carbocycles. The van der Waals surface area contributed by atoms with Crippen LogP contribution in [0.4, 0.5) is 0 Å². The predicted molar refractivity (Wildman–Crippen MR) is 70.7 cm³/mol. The Balaban J connectivity index is 2.22. The fourth-order valence-electron chi connectivity index (χ4n) is 2.04. The van der Waals surface area contributed by atoms with Crippen molar-refractivity contribution in [3.8, 4) is 5.75 Å². The number of aromatic nitrogens is 4. The van der Waals surface area contributed by atoms with Gasteiger partial charge in [0.1, 0.15) is 5.75 Å². The third-order valence-corrected chi connectivity index (χ3v) is 2.98. The molecule has 7 nitrogen and oxygen atoms in total. The summed E-state index contributed by atoms with van der Waals surface area (Å²) in [6.07, 6.45) is 3.22. The highest BCUT2D eigenvalue weighted by molar-refractivity contribution is 5.69. The van der Waals surface area contributed by atoms with E-state index in [-0.39, 0.29) is 6.42 Å². The second kappa shape index (κ2) is 5.68. The van der Waals surface area contributed by atoms with Crippen LogP contribution in [0.25, 0.3) is 0 Å². The topological polar surface area (TPSA) is 90.1 Å². The van der Waals surface area contributed by atoms with Crippen molar-refractivity contribution in [2.24, 2.45) is 0 Å². The summed E-state index contributed by atoms with van der Waals surface area (Å²) in [6, 6.07) is 0. The Bertz CT molecular complexity index is 637. The van der Waals surface area contributed by atoms with Crippen LogP contribution in [0.5, 0.6) is 5.75 Å². The molecule has 0 atom stereocenters. The first-order valence-electron chi connectivity index (χ1n) is 6.11. The first-order chi connectivity index (χ1) is 9.51. The van der Waals surface area contributed by atoms with E-state index in [1.807, 2.05) is 13.8 Å². The number of carboxylic acid groups (broad SMARTS) is 1. The van der Waals surface area contributed by atoms with Crippen molar-refractivity contribution in [2.75, 3.05) is 7.11 Å². The van der Waals surface area contributed by atoms with Gasteiger partial charge in [0.05, 0.1) is 31.5 Å². The van der Waals surface area contributed by atoms with Crippen molar-refractivity contribution in [1.29, 1.82) is 0 Å². The molecule has 7 heteroatoms. The average Bonchev–Trinajstić information content (AvgIpc) is 2.80. The molecule has 0 saturated heterocycles. The average molecular weight is 276 g/mol. The van der Waals surface area contributed by atoms with Crippen LogP contribution in [-0.4, -0.2) is 38.2 Å². The Labute approximate surface area is 116 Å². The van der Waals surface area contributed by atoms with Gasteiger partial charge in [0.2, 0.25) is 0 Å². The zero-order chi connectivity index (χ0) is 14.7. The molecule has 0 saturated carbocycles. The number of nitrogens with zero attached hydrogens (tertiary/aromatic N) is 4. The molecule has 0 amide bonds. The highest BCUT2D eigenvalue weighted by Crippen LogP contribution is 2.24. The largest absolute Gasteiger partial charge is 0.496 e. The van der Waals surface area contributed by atoms with Crippen LogP contribution >= 0.6 is 0 Å². The summed E-state index contributed by atoms with van der Waals surface area (Å²) in [5.74, 6) is -0.121. The van der Waals surface area contributed by atoms with E-state index in [4.69, 9.17) is 9.84 Å². The number of aliphatic carboxylic acids is 1. The number of aryl methyl sites for hydroxylation is 1. The van der Waals surface area contributed by atoms with Crippen LogP contribution in [0.2, 0.25) is 0 Å². The number of rotatable bonds is 5. The third kappa shape index (κ3) is 2.93. The fourth-order valence-corrected chi connectivity index (χ4v) is 2.04. The van der Waals surface area contributed by atoms with Crippen molar-refractivity contribution >= 4 is 5.97 Å². The minimum absolute atomic E-state index is 0.135. The number of hydrogen-bond donors (Lipinski definition) is 1. The first kappa shape index (κ1) is 14.0. The summed E-state index contributed by atoms with van der Waals surface area (Å²) in [4.78, 5) is 15.0. The number of methoxy groups -OCH3 is 1. The van der Waals surface area contributed by atoms with E-state index >= 15 is 0 Å². The van der Waals surface area contributed by atoms with Gasteiger partial charge in [-0.15, -0.1) is 5.10 Å². The maximum Gasteiger partial charge on any atom is 0.309 e. The molecule has 2 aromatic heterocycles. The van der Waals surface area contributed by atoms with Gasteiger partial charge in [0.15, 0.2) is 0 Å². The summed E-state index contributed by atoms with van der Waals surface area (Å²) >= 11 is 0. The molecule has 2 heterocycles. The second-order valence-corrected chi connectivity index (χ2v) is 4.52. The third-order valence-electron chi connectivity index (χ3n) is 2.98. The molecular weight excluding hydrogens is 260 g/mol. The molecule has 0 radical (unpaired) electrons. The highest BCUT2D eigenvalue weighted by atomic mass is 16.5. The van der Waals surface area contributed by atoms with Gasteiger partial charge in [-0.3, -0.25) is 9.78 Å². The Hall–Kier alpha value is -2.44. The van der Waals surface area contributed by atoms with E-state index < -0.39 is 5.97 Å². The van der Waals surface area contributed by atoms with Gasteiger partial charge in [-0.1, -0.05) is 5.21 Å². The van der Waals surface area contributed by atoms with E-state index in [0.29, 0.717) is 12.2 Å². The predicted octanol–water partition coefficient (Wildman–Crippen LogP) is 0.974. The van der Waals surface area contributed by atoms with Crippen LogP contribution in [0, 0.1) is 13.8 Å². The lowest BCUT2D eigenvalue weighted by Crippen LogP contribution is -2.06. The van der Waals surface area contributed by atoms with E-state index in [0.717, 1.165) is 22.6 Å². The van der Waals surface area contributed by atoms with Gasteiger partial charge < -0.3 is 9.84 Å². The summed E-state index contributed by atoms with van der Waals surface area (Å²) in [6.45, 7) is 4.29. The Kier molecular flexibility index (Phi) is 3.97. The zero-order valence-electron chi connectivity index (χ0n) is 11.6. The van der Waals surface area contributed by atoms with Crippen molar-refractivity contribution in [2.45, 2.75) is 26.8 Å². The normalized spacial score (nSPS) is 10.6. The number of carboxylic acids is 1. The first-order valence-corrected chi connectivity index (χ1v) is 6.11. The Morgan fingerprint density at radius 2 is 2.20 bits per heavy atom. The quantitative estimate of drug-likeness (QED) is 0.875. The van der Waals surface area contributed by atoms with Crippen molar-refractivity contribution in [3.63, 3.8) is 0 Å². The fraction of sp³-hybridized carbons (Fsp3) is 0.385. The number of carbonyl (C=O) groups is 1. The lowest BCUT2D eigenvalue weighted by molar-refractivity contribution is -0.136. The molecule has 0 aliphatic heterocycles. The van der Waals surface area contributed by atoms with E-state index in [1.165, 1.54) is 0 Å². The zero-order valence-corrected chi connectivity index (χ0v) is 11.6. The van der Waals surface area contributed by atoms with Gasteiger partial charge in [-0.05, 0) is 13.8 Å². The van der Waals surface area contributed by atoms with Crippen LogP contribution in [-0.2, 0) is 17.8 Å². The molecule has 106 valence electrons. The minimum atomic E-state index is -0.927. The smallest absolute Gasteiger partial charge is 0.309 e. The maximum atomic E-state index is 10.6. The van der Waals surface area contributed by atoms with Crippen LogP contribution in [0.1, 0.15) is 22.5 Å². The van der Waals surface area contributed by atoms with Gasteiger partial charge in [0.25, 0.3) is 0 Å². The van der Waals surface area contributed by atoms with Gasteiger partial charge in [0, 0.05) is 23.5 Å². The lowest BCUT2D eigenvalue weighted by Gasteiger charge is -2.11. The van der Waals surface area contributed by atoms with Crippen molar-refractivity contribution < 1.29 is 14.6 Å². The molecule has 0 unspecified atom stereocenters. The lowest BCUT2D eigenvalue weighted by atomic mass is 10.1. The SMILES string of the molecule is COc1c(C)cnc(Cn2cc(CC(=O)O)nn2)c1C. The highest BCUT2D eigenvalue weighted by Gasteiger charge is 2.11. The van der Waals surface area contributed by atoms with Crippen LogP contribution < -0.4 is 4.74 Å². The molecule has 20 heavy (non-hydrogen) atoms. The molecule has 0 spiro atoms. The second-order valence-electron chi connectivity index (χ2n) is 4.52. The Morgan fingerprint density at radius 3 is 2.85 bits per heavy atom. The standard InChI is InChI=1S/C13H16N4O3/c1-8-5-14-11(9(2)13(8)20-3)7-17-6-10(15-16-17)4-12(18)19/h5-6H,4,7H2,1-3H3,(H,18,19). The summed E-state index contributed by atoms with van der Waals surface area (Å²) in [5, 5.41) is 16.4. The molecular formula is C13H16N4O3. The number of pyridine rings is 1. The van der Waals surface area contributed by atoms with Crippen LogP contribution in [0.15, 0.2) is 12.4 Å². The van der Waals surface area contributed by atoms with Gasteiger partial charge >= 0.3 is 5.97 Å². The number of hydrogen-bond acceptors (Lipinski definition) is 5. The summed E-state index contributed by atoms with van der Waals surface area (Å²) < 4.78 is 6.92. The van der Waals surface area contributed by atoms with Crippen molar-refractivity contribution in [3.05, 3.63) is 34.9 Å². The van der Waals surface area contributed by atoms with Crippen LogP contribution in [0.3, 0.4) is 0 Å². The van der Waals surface area contributed by atoms with E-state index in [2.05, 4.69) is 15.3 Å². The molecule has 1 N–H and O–H groups in total. The summed E-state index contributed by atoms with van der Waals surface area (Å²) in [5.41, 5.74) is 3.16. The Morgan fingerprint density at radius 1 is 1.45 bits per heavy atom. The molecule has 0 bridgehead atoms.